The summed E-state index contributed by atoms with van der Waals surface area (Å²) in [5.74, 6) is 2.24. The Morgan fingerprint density at radius 2 is 1.80 bits per heavy atom. The molecule has 0 N–H and O–H groups in total. The summed E-state index contributed by atoms with van der Waals surface area (Å²) in [6.45, 7) is 9.98. The van der Waals surface area contributed by atoms with Crippen LogP contribution in [0.2, 0.25) is 0 Å². The molecule has 1 aliphatic rings. The molecule has 0 amide bonds. The molecule has 2 heterocycles. The molecule has 0 radical (unpaired) electrons. The highest BCUT2D eigenvalue weighted by Gasteiger charge is 2.35. The number of benzene rings is 1. The lowest BCUT2D eigenvalue weighted by molar-refractivity contribution is 0.215. The fraction of sp³-hybridized carbons (Fsp3) is 0.524. The molecule has 1 aromatic carbocycles. The van der Waals surface area contributed by atoms with Gasteiger partial charge in [0, 0.05) is 49.2 Å². The van der Waals surface area contributed by atoms with Crippen molar-refractivity contribution in [3.8, 4) is 11.4 Å². The highest BCUT2D eigenvalue weighted by atomic mass is 15.2. The Bertz CT molecular complexity index is 677. The summed E-state index contributed by atoms with van der Waals surface area (Å²) in [6, 6.07) is 8.90. The Morgan fingerprint density at radius 3 is 2.36 bits per heavy atom. The fourth-order valence-electron chi connectivity index (χ4n) is 3.88. The van der Waals surface area contributed by atoms with Gasteiger partial charge < -0.3 is 4.90 Å². The first-order chi connectivity index (χ1) is 12.0. The van der Waals surface area contributed by atoms with Crippen LogP contribution < -0.4 is 0 Å². The van der Waals surface area contributed by atoms with Gasteiger partial charge in [-0.1, -0.05) is 38.1 Å². The Balaban J connectivity index is 1.69. The van der Waals surface area contributed by atoms with Crippen molar-refractivity contribution >= 4 is 0 Å². The van der Waals surface area contributed by atoms with E-state index >= 15 is 0 Å². The molecule has 0 saturated carbocycles. The molecule has 4 heteroatoms. The van der Waals surface area contributed by atoms with Crippen molar-refractivity contribution in [1.29, 1.82) is 0 Å². The van der Waals surface area contributed by atoms with Crippen molar-refractivity contribution in [2.75, 3.05) is 27.2 Å². The van der Waals surface area contributed by atoms with Crippen molar-refractivity contribution in [2.45, 2.75) is 33.4 Å². The highest BCUT2D eigenvalue weighted by Crippen LogP contribution is 2.28. The van der Waals surface area contributed by atoms with E-state index in [4.69, 9.17) is 0 Å². The summed E-state index contributed by atoms with van der Waals surface area (Å²) in [4.78, 5) is 14.1. The number of nitrogens with zero attached hydrogens (tertiary/aromatic N) is 4. The van der Waals surface area contributed by atoms with E-state index in [1.807, 2.05) is 24.5 Å². The molecule has 0 bridgehead atoms. The average Bonchev–Trinajstić information content (AvgIpc) is 3.01. The number of aryl methyl sites for hydroxylation is 1. The third-order valence-electron chi connectivity index (χ3n) is 5.43. The van der Waals surface area contributed by atoms with Crippen LogP contribution in [-0.4, -0.2) is 53.0 Å². The monoisotopic (exact) mass is 338 g/mol. The molecule has 0 unspecified atom stereocenters. The van der Waals surface area contributed by atoms with Crippen LogP contribution in [0.15, 0.2) is 36.7 Å². The van der Waals surface area contributed by atoms with Crippen LogP contribution in [0.1, 0.15) is 25.0 Å². The van der Waals surface area contributed by atoms with Crippen LogP contribution in [0.4, 0.5) is 0 Å². The summed E-state index contributed by atoms with van der Waals surface area (Å²) >= 11 is 0. The maximum atomic E-state index is 4.61. The smallest absolute Gasteiger partial charge is 0.159 e. The lowest BCUT2D eigenvalue weighted by Crippen LogP contribution is -2.37. The normalized spacial score (nSPS) is 21.4. The first-order valence-electron chi connectivity index (χ1n) is 9.21. The fourth-order valence-corrected chi connectivity index (χ4v) is 3.88. The first-order valence-corrected chi connectivity index (χ1v) is 9.21. The second kappa shape index (κ2) is 7.63. The van der Waals surface area contributed by atoms with Gasteiger partial charge in [0.1, 0.15) is 0 Å². The van der Waals surface area contributed by atoms with Crippen LogP contribution in [0.3, 0.4) is 0 Å². The van der Waals surface area contributed by atoms with Crippen LogP contribution >= 0.6 is 0 Å². The van der Waals surface area contributed by atoms with Crippen molar-refractivity contribution in [3.05, 3.63) is 47.8 Å². The van der Waals surface area contributed by atoms with Gasteiger partial charge in [-0.15, -0.1) is 0 Å². The van der Waals surface area contributed by atoms with Gasteiger partial charge in [-0.25, -0.2) is 9.97 Å². The summed E-state index contributed by atoms with van der Waals surface area (Å²) in [6.07, 6.45) is 3.98. The number of aromatic nitrogens is 2. The maximum Gasteiger partial charge on any atom is 0.159 e. The summed E-state index contributed by atoms with van der Waals surface area (Å²) in [7, 11) is 4.40. The van der Waals surface area contributed by atoms with Gasteiger partial charge in [-0.05, 0) is 38.4 Å². The third kappa shape index (κ3) is 4.07. The first kappa shape index (κ1) is 18.0. The molecule has 25 heavy (non-hydrogen) atoms. The summed E-state index contributed by atoms with van der Waals surface area (Å²) < 4.78 is 0. The van der Waals surface area contributed by atoms with Gasteiger partial charge in [0.05, 0.1) is 0 Å². The lowest BCUT2D eigenvalue weighted by atomic mass is 9.91. The van der Waals surface area contributed by atoms with E-state index in [2.05, 4.69) is 66.8 Å². The molecular formula is C21H30N4. The van der Waals surface area contributed by atoms with E-state index in [0.29, 0.717) is 12.0 Å². The van der Waals surface area contributed by atoms with E-state index in [-0.39, 0.29) is 0 Å². The minimum atomic E-state index is 0.632. The highest BCUT2D eigenvalue weighted by molar-refractivity contribution is 5.59. The van der Waals surface area contributed by atoms with Crippen LogP contribution in [0.25, 0.3) is 11.4 Å². The van der Waals surface area contributed by atoms with Gasteiger partial charge in [0.25, 0.3) is 0 Å². The number of rotatable bonds is 5. The van der Waals surface area contributed by atoms with Gasteiger partial charge >= 0.3 is 0 Å². The SMILES string of the molecule is Cc1ccccc1-c1ncc(CN2C[C@@H](N(C)C)[C@H](C(C)C)C2)cn1. The standard InChI is InChI=1S/C21H30N4/c1-15(2)19-13-25(14-20(19)24(4)5)12-17-10-22-21(23-11-17)18-9-7-6-8-16(18)3/h6-11,15,19-20H,12-14H2,1-5H3/t19-,20+/m0/s1. The topological polar surface area (TPSA) is 32.3 Å². The quantitative estimate of drug-likeness (QED) is 0.836. The second-order valence-electron chi connectivity index (χ2n) is 7.86. The van der Waals surface area contributed by atoms with E-state index < -0.39 is 0 Å². The van der Waals surface area contributed by atoms with E-state index in [1.165, 1.54) is 11.1 Å². The lowest BCUT2D eigenvalue weighted by Gasteiger charge is -2.27. The molecule has 1 fully saturated rings. The Labute approximate surface area is 151 Å². The Kier molecular flexibility index (Phi) is 5.50. The molecule has 4 nitrogen and oxygen atoms in total. The third-order valence-corrected chi connectivity index (χ3v) is 5.43. The van der Waals surface area contributed by atoms with Crippen LogP contribution in [0.5, 0.6) is 0 Å². The second-order valence-corrected chi connectivity index (χ2v) is 7.86. The molecule has 1 aromatic heterocycles. The van der Waals surface area contributed by atoms with Crippen molar-refractivity contribution < 1.29 is 0 Å². The molecule has 1 aliphatic heterocycles. The molecule has 0 aliphatic carbocycles. The zero-order chi connectivity index (χ0) is 18.0. The molecule has 2 aromatic rings. The molecular weight excluding hydrogens is 308 g/mol. The van der Waals surface area contributed by atoms with E-state index in [1.54, 1.807) is 0 Å². The van der Waals surface area contributed by atoms with Gasteiger partial charge in [-0.3, -0.25) is 4.90 Å². The summed E-state index contributed by atoms with van der Waals surface area (Å²) in [5, 5.41) is 0. The summed E-state index contributed by atoms with van der Waals surface area (Å²) in [5.41, 5.74) is 3.52. The molecule has 0 spiro atoms. The molecule has 2 atom stereocenters. The largest absolute Gasteiger partial charge is 0.305 e. The van der Waals surface area contributed by atoms with E-state index in [0.717, 1.165) is 36.9 Å². The Morgan fingerprint density at radius 1 is 1.12 bits per heavy atom. The minimum Gasteiger partial charge on any atom is -0.305 e. The number of likely N-dealkylation sites (N-methyl/N-ethyl adjacent to an activating group) is 1. The van der Waals surface area contributed by atoms with Gasteiger partial charge in [-0.2, -0.15) is 0 Å². The van der Waals surface area contributed by atoms with Crippen molar-refractivity contribution in [3.63, 3.8) is 0 Å². The van der Waals surface area contributed by atoms with Crippen LogP contribution in [0, 0.1) is 18.8 Å². The minimum absolute atomic E-state index is 0.632. The number of hydrogen-bond donors (Lipinski definition) is 0. The van der Waals surface area contributed by atoms with Crippen LogP contribution in [-0.2, 0) is 6.54 Å². The Hall–Kier alpha value is -1.78. The molecule has 134 valence electrons. The zero-order valence-electron chi connectivity index (χ0n) is 16.1. The molecule has 3 rings (SSSR count). The number of hydrogen-bond acceptors (Lipinski definition) is 4. The van der Waals surface area contributed by atoms with E-state index in [9.17, 15) is 0 Å². The predicted molar refractivity (Wildman–Crippen MR) is 103 cm³/mol. The van der Waals surface area contributed by atoms with Crippen molar-refractivity contribution in [1.82, 2.24) is 19.8 Å². The molecule has 1 saturated heterocycles. The van der Waals surface area contributed by atoms with Gasteiger partial charge in [0.15, 0.2) is 5.82 Å². The predicted octanol–water partition coefficient (Wildman–Crippen LogP) is 3.47. The van der Waals surface area contributed by atoms with Crippen molar-refractivity contribution in [2.24, 2.45) is 11.8 Å². The maximum absolute atomic E-state index is 4.61. The van der Waals surface area contributed by atoms with Gasteiger partial charge in [0.2, 0.25) is 0 Å². The number of likely N-dealkylation sites (tertiary alicyclic amines) is 1. The average molecular weight is 338 g/mol. The zero-order valence-corrected chi connectivity index (χ0v) is 16.1.